The number of imide groups is 1. The van der Waals surface area contributed by atoms with Gasteiger partial charge >= 0.3 is 6.03 Å². The van der Waals surface area contributed by atoms with Crippen LogP contribution in [0.15, 0.2) is 0 Å². The van der Waals surface area contributed by atoms with Crippen molar-refractivity contribution in [2.45, 2.75) is 19.4 Å². The number of carbonyl (C=O) groups is 2. The van der Waals surface area contributed by atoms with Gasteiger partial charge in [0.25, 0.3) is 0 Å². The van der Waals surface area contributed by atoms with Crippen molar-refractivity contribution < 1.29 is 14.3 Å². The van der Waals surface area contributed by atoms with Gasteiger partial charge in [-0.1, -0.05) is 0 Å². The minimum absolute atomic E-state index is 0.0797. The Balaban J connectivity index is 3.60. The second kappa shape index (κ2) is 7.58. The Kier molecular flexibility index (Phi) is 7.14. The first kappa shape index (κ1) is 13.2. The Morgan fingerprint density at radius 3 is 2.64 bits per heavy atom. The van der Waals surface area contributed by atoms with Gasteiger partial charge in [-0.3, -0.25) is 10.1 Å². The smallest absolute Gasteiger partial charge is 0.321 e. The van der Waals surface area contributed by atoms with Crippen LogP contribution < -0.4 is 10.6 Å². The van der Waals surface area contributed by atoms with E-state index in [2.05, 4.69) is 10.6 Å². The maximum atomic E-state index is 11.0. The van der Waals surface area contributed by atoms with E-state index in [0.29, 0.717) is 6.54 Å². The lowest BCUT2D eigenvalue weighted by atomic mass is 10.4. The molecule has 0 aromatic heterocycles. The van der Waals surface area contributed by atoms with Gasteiger partial charge in [-0.2, -0.15) is 0 Å². The molecule has 0 saturated carbocycles. The Morgan fingerprint density at radius 2 is 2.14 bits per heavy atom. The van der Waals surface area contributed by atoms with Gasteiger partial charge in [0.2, 0.25) is 5.91 Å². The number of alkyl halides is 1. The van der Waals surface area contributed by atoms with Crippen LogP contribution in [0.2, 0.25) is 0 Å². The summed E-state index contributed by atoms with van der Waals surface area (Å²) in [5.41, 5.74) is 0. The molecule has 0 saturated heterocycles. The van der Waals surface area contributed by atoms with E-state index < -0.39 is 6.03 Å². The lowest BCUT2D eigenvalue weighted by Gasteiger charge is -2.10. The highest BCUT2D eigenvalue weighted by Crippen LogP contribution is 1.85. The predicted molar refractivity (Wildman–Crippen MR) is 53.3 cm³/mol. The summed E-state index contributed by atoms with van der Waals surface area (Å²) >= 11 is 5.32. The van der Waals surface area contributed by atoms with E-state index in [1.807, 2.05) is 0 Å². The predicted octanol–water partition coefficient (Wildman–Crippen LogP) is 0.476. The van der Waals surface area contributed by atoms with Crippen molar-refractivity contribution in [2.75, 3.05) is 19.5 Å². The first-order valence-corrected chi connectivity index (χ1v) is 4.80. The number of ether oxygens (including phenoxy) is 1. The monoisotopic (exact) mass is 222 g/mol. The highest BCUT2D eigenvalue weighted by atomic mass is 35.5. The Labute approximate surface area is 88.1 Å². The summed E-state index contributed by atoms with van der Waals surface area (Å²) < 4.78 is 4.90. The topological polar surface area (TPSA) is 67.4 Å². The normalized spacial score (nSPS) is 11.9. The number of hydrogen-bond acceptors (Lipinski definition) is 3. The van der Waals surface area contributed by atoms with E-state index in [4.69, 9.17) is 16.3 Å². The van der Waals surface area contributed by atoms with Crippen LogP contribution in [0.1, 0.15) is 13.3 Å². The highest BCUT2D eigenvalue weighted by Gasteiger charge is 2.07. The number of carbonyl (C=O) groups excluding carboxylic acids is 2. The average molecular weight is 223 g/mol. The fourth-order valence-electron chi connectivity index (χ4n) is 0.639. The number of nitrogens with one attached hydrogen (secondary N) is 2. The number of hydrogen-bond donors (Lipinski definition) is 2. The van der Waals surface area contributed by atoms with Crippen molar-refractivity contribution in [1.82, 2.24) is 10.6 Å². The van der Waals surface area contributed by atoms with E-state index in [9.17, 15) is 9.59 Å². The third-order valence-corrected chi connectivity index (χ3v) is 1.72. The SMILES string of the molecule is COC(C)CNC(=O)NC(=O)CCCl. The molecule has 3 amide bonds. The molecule has 1 atom stereocenters. The molecule has 0 spiro atoms. The van der Waals surface area contributed by atoms with Gasteiger partial charge in [0.05, 0.1) is 6.10 Å². The largest absolute Gasteiger partial charge is 0.380 e. The molecule has 0 aliphatic rings. The molecule has 0 aliphatic carbocycles. The van der Waals surface area contributed by atoms with Gasteiger partial charge in [0, 0.05) is 26.0 Å². The zero-order chi connectivity index (χ0) is 11.0. The molecule has 2 N–H and O–H groups in total. The van der Waals surface area contributed by atoms with Crippen LogP contribution in [0, 0.1) is 0 Å². The van der Waals surface area contributed by atoms with E-state index in [1.54, 1.807) is 14.0 Å². The Morgan fingerprint density at radius 1 is 1.50 bits per heavy atom. The van der Waals surface area contributed by atoms with E-state index in [0.717, 1.165) is 0 Å². The zero-order valence-electron chi connectivity index (χ0n) is 8.30. The summed E-state index contributed by atoms with van der Waals surface area (Å²) in [6, 6.07) is -0.524. The van der Waals surface area contributed by atoms with Crippen LogP contribution in [0.4, 0.5) is 4.79 Å². The molecule has 0 bridgehead atoms. The third-order valence-electron chi connectivity index (χ3n) is 1.53. The van der Waals surface area contributed by atoms with Gasteiger partial charge in [-0.05, 0) is 6.92 Å². The van der Waals surface area contributed by atoms with Crippen molar-refractivity contribution >= 4 is 23.5 Å². The summed E-state index contributed by atoms with van der Waals surface area (Å²) in [5, 5.41) is 4.62. The number of methoxy groups -OCH3 is 1. The van der Waals surface area contributed by atoms with Crippen molar-refractivity contribution in [1.29, 1.82) is 0 Å². The maximum absolute atomic E-state index is 11.0. The summed E-state index contributed by atoms with van der Waals surface area (Å²) in [6.45, 7) is 2.16. The number of urea groups is 1. The molecule has 0 aromatic rings. The molecular weight excluding hydrogens is 208 g/mol. The van der Waals surface area contributed by atoms with Crippen LogP contribution in [0.25, 0.3) is 0 Å². The van der Waals surface area contributed by atoms with Gasteiger partial charge in [-0.15, -0.1) is 11.6 Å². The molecule has 0 aliphatic heterocycles. The molecule has 5 nitrogen and oxygen atoms in total. The summed E-state index contributed by atoms with van der Waals surface area (Å²) in [7, 11) is 1.54. The minimum Gasteiger partial charge on any atom is -0.380 e. The fraction of sp³-hybridized carbons (Fsp3) is 0.750. The van der Waals surface area contributed by atoms with Crippen LogP contribution in [0.5, 0.6) is 0 Å². The Bertz CT molecular complexity index is 199. The van der Waals surface area contributed by atoms with Crippen molar-refractivity contribution in [2.24, 2.45) is 0 Å². The van der Waals surface area contributed by atoms with E-state index in [-0.39, 0.29) is 24.3 Å². The molecule has 0 aromatic carbocycles. The highest BCUT2D eigenvalue weighted by molar-refractivity contribution is 6.19. The minimum atomic E-state index is -0.524. The molecule has 0 radical (unpaired) electrons. The molecule has 6 heteroatoms. The lowest BCUT2D eigenvalue weighted by molar-refractivity contribution is -0.119. The second-order valence-corrected chi connectivity index (χ2v) is 3.12. The van der Waals surface area contributed by atoms with Crippen molar-refractivity contribution in [3.63, 3.8) is 0 Å². The van der Waals surface area contributed by atoms with Crippen LogP contribution in [0.3, 0.4) is 0 Å². The van der Waals surface area contributed by atoms with Crippen LogP contribution >= 0.6 is 11.6 Å². The van der Waals surface area contributed by atoms with Crippen molar-refractivity contribution in [3.05, 3.63) is 0 Å². The molecule has 0 heterocycles. The quantitative estimate of drug-likeness (QED) is 0.665. The summed E-state index contributed by atoms with van der Waals surface area (Å²) in [4.78, 5) is 21.9. The lowest BCUT2D eigenvalue weighted by Crippen LogP contribution is -2.42. The van der Waals surface area contributed by atoms with Gasteiger partial charge in [-0.25, -0.2) is 4.79 Å². The number of rotatable bonds is 5. The first-order chi connectivity index (χ1) is 6.60. The van der Waals surface area contributed by atoms with Crippen LogP contribution in [-0.2, 0) is 9.53 Å². The molecule has 14 heavy (non-hydrogen) atoms. The van der Waals surface area contributed by atoms with E-state index >= 15 is 0 Å². The molecular formula is C8H15ClN2O3. The van der Waals surface area contributed by atoms with Crippen LogP contribution in [-0.4, -0.2) is 37.6 Å². The van der Waals surface area contributed by atoms with Gasteiger partial charge in [0.15, 0.2) is 0 Å². The number of amides is 3. The molecule has 82 valence electrons. The summed E-state index contributed by atoms with van der Waals surface area (Å²) in [5.74, 6) is -0.185. The fourth-order valence-corrected chi connectivity index (χ4v) is 0.811. The first-order valence-electron chi connectivity index (χ1n) is 4.26. The maximum Gasteiger partial charge on any atom is 0.321 e. The standard InChI is InChI=1S/C8H15ClN2O3/c1-6(14-2)5-10-8(13)11-7(12)3-4-9/h6H,3-5H2,1-2H3,(H2,10,11,12,13). The molecule has 0 rings (SSSR count). The third kappa shape index (κ3) is 6.68. The van der Waals surface area contributed by atoms with E-state index in [1.165, 1.54) is 0 Å². The van der Waals surface area contributed by atoms with Crippen molar-refractivity contribution in [3.8, 4) is 0 Å². The Hall–Kier alpha value is -0.810. The number of halogens is 1. The van der Waals surface area contributed by atoms with Gasteiger partial charge < -0.3 is 10.1 Å². The summed E-state index contributed by atoms with van der Waals surface area (Å²) in [6.07, 6.45) is 0.0540. The average Bonchev–Trinajstić information content (AvgIpc) is 2.14. The molecule has 0 fully saturated rings. The zero-order valence-corrected chi connectivity index (χ0v) is 9.06. The molecule has 1 unspecified atom stereocenters. The second-order valence-electron chi connectivity index (χ2n) is 2.74. The van der Waals surface area contributed by atoms with Gasteiger partial charge in [0.1, 0.15) is 0 Å².